The van der Waals surface area contributed by atoms with Crippen molar-refractivity contribution in [1.29, 1.82) is 0 Å². The van der Waals surface area contributed by atoms with E-state index in [4.69, 9.17) is 0 Å². The van der Waals surface area contributed by atoms with E-state index in [0.717, 1.165) is 56.6 Å². The summed E-state index contributed by atoms with van der Waals surface area (Å²) >= 11 is 0. The third-order valence-electron chi connectivity index (χ3n) is 15.2. The van der Waals surface area contributed by atoms with Gasteiger partial charge < -0.3 is 18.9 Å². The van der Waals surface area contributed by atoms with Crippen LogP contribution in [-0.2, 0) is 0 Å². The lowest BCUT2D eigenvalue weighted by Gasteiger charge is -2.27. The number of hydrogen-bond donors (Lipinski definition) is 0. The number of para-hydroxylation sites is 4. The molecule has 0 saturated heterocycles. The van der Waals surface area contributed by atoms with Crippen molar-refractivity contribution < 1.29 is 0 Å². The molecule has 0 radical (unpaired) electrons. The Morgan fingerprint density at radius 3 is 0.986 bits per heavy atom. The minimum atomic E-state index is 1.09. The first-order chi connectivity index (χ1) is 36.7. The predicted octanol–water partition coefficient (Wildman–Crippen LogP) is 19.3. The molecule has 0 atom stereocenters. The first-order valence-corrected chi connectivity index (χ1v) is 25.4. The molecule has 74 heavy (non-hydrogen) atoms. The van der Waals surface area contributed by atoms with Crippen molar-refractivity contribution in [3.05, 3.63) is 279 Å². The highest BCUT2D eigenvalue weighted by Crippen LogP contribution is 2.48. The Bertz CT molecular complexity index is 4210. The van der Waals surface area contributed by atoms with E-state index in [1.54, 1.807) is 0 Å². The van der Waals surface area contributed by atoms with Crippen LogP contribution in [0.25, 0.3) is 98.8 Å². The molecule has 4 heteroatoms. The molecule has 0 spiro atoms. The molecule has 0 amide bonds. The van der Waals surface area contributed by atoms with Crippen LogP contribution in [0, 0.1) is 0 Å². The molecule has 2 heterocycles. The molecule has 15 aromatic rings. The monoisotopic (exact) mass is 942 g/mol. The minimum Gasteiger partial charge on any atom is -0.310 e. The molecule has 0 fully saturated rings. The predicted molar refractivity (Wildman–Crippen MR) is 313 cm³/mol. The van der Waals surface area contributed by atoms with Crippen LogP contribution in [0.1, 0.15) is 0 Å². The minimum absolute atomic E-state index is 1.09. The maximum Gasteiger partial charge on any atom is 0.0548 e. The van der Waals surface area contributed by atoms with Crippen molar-refractivity contribution in [2.24, 2.45) is 0 Å². The Morgan fingerprint density at radius 1 is 0.230 bits per heavy atom. The smallest absolute Gasteiger partial charge is 0.0548 e. The van der Waals surface area contributed by atoms with E-state index < -0.39 is 0 Å². The van der Waals surface area contributed by atoms with Gasteiger partial charge in [-0.3, -0.25) is 0 Å². The van der Waals surface area contributed by atoms with Crippen LogP contribution in [-0.4, -0.2) is 9.13 Å². The standard InChI is InChI=1S/C70H46N4/c1-5-19-51(20-6-1)71(61-43-45-65-69-59(61)41-35-49-17-15-29-63(67(49)69)73(65)53-23-9-3-10-24-53)55-37-31-47(32-38-55)57-27-13-14-28-58(57)48-33-39-56(40-34-48)72(52-21-7-2-8-22-52)62-44-46-66-70-60(62)42-36-50-18-16-30-64(68(50)70)74(66)54-25-11-4-12-26-54/h1-46H. The summed E-state index contributed by atoms with van der Waals surface area (Å²) in [5, 5.41) is 10.1. The van der Waals surface area contributed by atoms with Crippen LogP contribution in [0.2, 0.25) is 0 Å². The van der Waals surface area contributed by atoms with E-state index in [-0.39, 0.29) is 0 Å². The van der Waals surface area contributed by atoms with Gasteiger partial charge in [-0.05, 0) is 142 Å². The third kappa shape index (κ3) is 6.48. The molecule has 2 aromatic heterocycles. The van der Waals surface area contributed by atoms with Crippen molar-refractivity contribution >= 4 is 99.3 Å². The zero-order valence-electron chi connectivity index (χ0n) is 40.3. The molecule has 0 saturated carbocycles. The zero-order chi connectivity index (χ0) is 48.7. The summed E-state index contributed by atoms with van der Waals surface area (Å²) in [6.45, 7) is 0. The summed E-state index contributed by atoms with van der Waals surface area (Å²) in [5.41, 5.74) is 18.5. The van der Waals surface area contributed by atoms with Crippen molar-refractivity contribution in [3.63, 3.8) is 0 Å². The fourth-order valence-corrected chi connectivity index (χ4v) is 12.0. The topological polar surface area (TPSA) is 16.3 Å². The van der Waals surface area contributed by atoms with E-state index >= 15 is 0 Å². The van der Waals surface area contributed by atoms with Gasteiger partial charge in [0.2, 0.25) is 0 Å². The Labute approximate surface area is 428 Å². The van der Waals surface area contributed by atoms with Crippen LogP contribution < -0.4 is 9.80 Å². The Morgan fingerprint density at radius 2 is 0.581 bits per heavy atom. The number of aromatic nitrogens is 2. The van der Waals surface area contributed by atoms with Gasteiger partial charge in [-0.15, -0.1) is 0 Å². The highest BCUT2D eigenvalue weighted by molar-refractivity contribution is 6.28. The second-order valence-electron chi connectivity index (χ2n) is 19.3. The number of rotatable bonds is 10. The lowest BCUT2D eigenvalue weighted by molar-refractivity contribution is 1.18. The summed E-state index contributed by atoms with van der Waals surface area (Å²) in [7, 11) is 0. The molecule has 4 nitrogen and oxygen atoms in total. The van der Waals surface area contributed by atoms with E-state index in [1.165, 1.54) is 76.3 Å². The average molecular weight is 943 g/mol. The Balaban J connectivity index is 0.810. The number of benzene rings is 13. The van der Waals surface area contributed by atoms with E-state index in [0.29, 0.717) is 0 Å². The SMILES string of the molecule is c1ccc(N(c2ccc(-c3ccccc3-c3ccc(N(c4ccccc4)c4ccc5c6c4ccc4cccc(c46)n5-c4ccccc4)cc3)cc2)c2ccc3c4c2ccc2cccc(c24)n3-c2ccccc2)cc1. The summed E-state index contributed by atoms with van der Waals surface area (Å²) < 4.78 is 4.82. The zero-order valence-corrected chi connectivity index (χ0v) is 40.3. The molecular formula is C70H46N4. The van der Waals surface area contributed by atoms with Crippen molar-refractivity contribution in [2.45, 2.75) is 0 Å². The molecule has 0 bridgehead atoms. The van der Waals surface area contributed by atoms with Crippen molar-refractivity contribution in [3.8, 4) is 33.6 Å². The number of hydrogen-bond acceptors (Lipinski definition) is 2. The second-order valence-corrected chi connectivity index (χ2v) is 19.3. The van der Waals surface area contributed by atoms with Crippen molar-refractivity contribution in [2.75, 3.05) is 9.80 Å². The van der Waals surface area contributed by atoms with E-state index in [9.17, 15) is 0 Å². The van der Waals surface area contributed by atoms with Gasteiger partial charge in [0.25, 0.3) is 0 Å². The van der Waals surface area contributed by atoms with Gasteiger partial charge in [0, 0.05) is 66.4 Å². The van der Waals surface area contributed by atoms with Gasteiger partial charge in [0.1, 0.15) is 0 Å². The fourth-order valence-electron chi connectivity index (χ4n) is 12.0. The van der Waals surface area contributed by atoms with Crippen LogP contribution in [0.5, 0.6) is 0 Å². The molecule has 0 aliphatic carbocycles. The van der Waals surface area contributed by atoms with Crippen molar-refractivity contribution in [1.82, 2.24) is 9.13 Å². The summed E-state index contributed by atoms with van der Waals surface area (Å²) in [5.74, 6) is 0. The van der Waals surface area contributed by atoms with Crippen LogP contribution in [0.4, 0.5) is 34.1 Å². The summed E-state index contributed by atoms with van der Waals surface area (Å²) in [4.78, 5) is 4.82. The molecule has 0 unspecified atom stereocenters. The third-order valence-corrected chi connectivity index (χ3v) is 15.2. The summed E-state index contributed by atoms with van der Waals surface area (Å²) in [6, 6.07) is 102. The van der Waals surface area contributed by atoms with Gasteiger partial charge in [-0.25, -0.2) is 0 Å². The average Bonchev–Trinajstić information content (AvgIpc) is 4.02. The largest absolute Gasteiger partial charge is 0.310 e. The lowest BCUT2D eigenvalue weighted by Crippen LogP contribution is -2.10. The first kappa shape index (κ1) is 41.8. The van der Waals surface area contributed by atoms with Gasteiger partial charge in [-0.1, -0.05) is 170 Å². The number of nitrogens with zero attached hydrogens (tertiary/aromatic N) is 4. The highest BCUT2D eigenvalue weighted by atomic mass is 15.2. The quantitative estimate of drug-likeness (QED) is 0.127. The van der Waals surface area contributed by atoms with Crippen LogP contribution >= 0.6 is 0 Å². The Kier molecular flexibility index (Phi) is 9.54. The number of anilines is 6. The van der Waals surface area contributed by atoms with Gasteiger partial charge in [0.05, 0.1) is 33.4 Å². The van der Waals surface area contributed by atoms with E-state index in [2.05, 4.69) is 298 Å². The normalized spacial score (nSPS) is 11.8. The molecular weight excluding hydrogens is 897 g/mol. The molecule has 346 valence electrons. The highest BCUT2D eigenvalue weighted by Gasteiger charge is 2.24. The van der Waals surface area contributed by atoms with Crippen LogP contribution in [0.15, 0.2) is 279 Å². The lowest BCUT2D eigenvalue weighted by atomic mass is 9.94. The van der Waals surface area contributed by atoms with Crippen LogP contribution in [0.3, 0.4) is 0 Å². The van der Waals surface area contributed by atoms with E-state index in [1.807, 2.05) is 0 Å². The first-order valence-electron chi connectivity index (χ1n) is 25.4. The maximum absolute atomic E-state index is 2.41. The summed E-state index contributed by atoms with van der Waals surface area (Å²) in [6.07, 6.45) is 0. The van der Waals surface area contributed by atoms with Gasteiger partial charge >= 0.3 is 0 Å². The molecule has 0 aliphatic rings. The Hall–Kier alpha value is -9.90. The molecule has 0 N–H and O–H groups in total. The maximum atomic E-state index is 2.41. The second kappa shape index (κ2) is 16.9. The van der Waals surface area contributed by atoms with Gasteiger partial charge in [0.15, 0.2) is 0 Å². The molecule has 0 aliphatic heterocycles. The molecule has 13 aromatic carbocycles. The molecule has 15 rings (SSSR count). The van der Waals surface area contributed by atoms with Gasteiger partial charge in [-0.2, -0.15) is 0 Å². The fraction of sp³-hybridized carbons (Fsp3) is 0.